The lowest BCUT2D eigenvalue weighted by Gasteiger charge is -2.45. The first-order valence-corrected chi connectivity index (χ1v) is 23.9. The van der Waals surface area contributed by atoms with Crippen molar-refractivity contribution < 1.29 is 19.7 Å². The predicted molar refractivity (Wildman–Crippen MR) is 251 cm³/mol. The molecule has 1 heterocycles. The highest BCUT2D eigenvalue weighted by Crippen LogP contribution is 2.50. The number of ether oxygens (including phenoxy) is 2. The first-order chi connectivity index (χ1) is 29.2. The van der Waals surface area contributed by atoms with Crippen molar-refractivity contribution in [1.82, 2.24) is 0 Å². The van der Waals surface area contributed by atoms with E-state index in [-0.39, 0.29) is 0 Å². The van der Waals surface area contributed by atoms with Crippen molar-refractivity contribution in [2.24, 2.45) is 17.8 Å². The molecule has 1 aliphatic heterocycles. The minimum Gasteiger partial charge on any atom is -0.505 e. The second kappa shape index (κ2) is 20.5. The number of fused-ring (bicyclic) bond motifs is 1. The van der Waals surface area contributed by atoms with Crippen LogP contribution in [0.3, 0.4) is 0 Å². The molecule has 4 aromatic carbocycles. The highest BCUT2D eigenvalue weighted by Gasteiger charge is 2.43. The third-order valence-electron chi connectivity index (χ3n) is 14.4. The van der Waals surface area contributed by atoms with Crippen LogP contribution in [-0.4, -0.2) is 48.1 Å². The summed E-state index contributed by atoms with van der Waals surface area (Å²) in [5.74, 6) is 4.30. The van der Waals surface area contributed by atoms with Crippen LogP contribution in [0.1, 0.15) is 135 Å². The molecule has 2 aliphatic carbocycles. The van der Waals surface area contributed by atoms with Crippen molar-refractivity contribution in [2.45, 2.75) is 156 Å². The van der Waals surface area contributed by atoms with Gasteiger partial charge in [0.1, 0.15) is 23.0 Å². The molecule has 1 saturated heterocycles. The second-order valence-corrected chi connectivity index (χ2v) is 18.5. The highest BCUT2D eigenvalue weighted by molar-refractivity contribution is 5.84. The Balaban J connectivity index is 1.06. The van der Waals surface area contributed by atoms with E-state index in [1.165, 1.54) is 83.5 Å². The molecular weight excluding hydrogens is 741 g/mol. The van der Waals surface area contributed by atoms with Gasteiger partial charge in [-0.3, -0.25) is 0 Å². The summed E-state index contributed by atoms with van der Waals surface area (Å²) >= 11 is 0. The summed E-state index contributed by atoms with van der Waals surface area (Å²) in [6, 6.07) is 26.1. The maximum Gasteiger partial charge on any atom is 0.146 e. The molecule has 3 fully saturated rings. The first kappa shape index (κ1) is 43.8. The zero-order chi connectivity index (χ0) is 42.2. The smallest absolute Gasteiger partial charge is 0.146 e. The number of aromatic hydroxyl groups is 2. The van der Waals surface area contributed by atoms with Crippen molar-refractivity contribution in [3.05, 3.63) is 83.9 Å². The second-order valence-electron chi connectivity index (χ2n) is 18.5. The number of rotatable bonds is 18. The van der Waals surface area contributed by atoms with Crippen molar-refractivity contribution >= 4 is 11.4 Å². The molecule has 0 aromatic heterocycles. The topological polar surface area (TPSA) is 65.4 Å². The average Bonchev–Trinajstić information content (AvgIpc) is 3.65. The van der Waals surface area contributed by atoms with Crippen molar-refractivity contribution in [3.8, 4) is 45.3 Å². The number of phenolic OH excluding ortho intramolecular Hbond substituents is 2. The number of aryl methyl sites for hydroxylation is 2. The molecule has 0 radical (unpaired) electrons. The maximum atomic E-state index is 12.2. The van der Waals surface area contributed by atoms with Gasteiger partial charge in [-0.25, -0.2) is 0 Å². The lowest BCUT2D eigenvalue weighted by atomic mass is 9.79. The van der Waals surface area contributed by atoms with Gasteiger partial charge < -0.3 is 29.5 Å². The van der Waals surface area contributed by atoms with Gasteiger partial charge in [0, 0.05) is 53.3 Å². The fourth-order valence-corrected chi connectivity index (χ4v) is 11.2. The lowest BCUT2D eigenvalue weighted by Crippen LogP contribution is -2.47. The standard InChI is InChI=1S/C54H74N2O4/c1-7-10-11-21-41-22-12-16-26-47(41)56(39(6)8-2)50-35-38(5)33-46(54(50)58)44-25-15-19-29-52(44)60-31-20-30-59-51-28-18-14-24-43(51)45-32-37(4)34-49(53(45)57)55-36-40(9-3)42-23-13-17-27-48(42)55/h14-15,18-19,24-25,28-29,32-35,39-42,47-48,57-58H,7-13,16-17,20-23,26-27,30-31,36H2,1-6H3. The Kier molecular flexibility index (Phi) is 14.9. The van der Waals surface area contributed by atoms with Gasteiger partial charge in [-0.2, -0.15) is 0 Å². The Hall–Kier alpha value is -4.32. The third-order valence-corrected chi connectivity index (χ3v) is 14.4. The Morgan fingerprint density at radius 2 is 1.30 bits per heavy atom. The normalized spacial score (nSPS) is 22.0. The molecule has 7 rings (SSSR count). The van der Waals surface area contributed by atoms with E-state index < -0.39 is 0 Å². The van der Waals surface area contributed by atoms with E-state index in [1.54, 1.807) is 0 Å². The van der Waals surface area contributed by atoms with Gasteiger partial charge in [0.25, 0.3) is 0 Å². The van der Waals surface area contributed by atoms with Gasteiger partial charge in [0.05, 0.1) is 24.6 Å². The molecule has 60 heavy (non-hydrogen) atoms. The highest BCUT2D eigenvalue weighted by atomic mass is 16.5. The maximum absolute atomic E-state index is 12.2. The zero-order valence-corrected chi connectivity index (χ0v) is 37.7. The zero-order valence-electron chi connectivity index (χ0n) is 37.7. The SMILES string of the molecule is CCCCCC1CCCCC1N(c1cc(C)cc(-c2ccccc2OCCCOc2ccccc2-c2cc(C)cc(N3CC(CC)C4CCCCC43)c2O)c1O)C(C)CC. The van der Waals surface area contributed by atoms with E-state index >= 15 is 0 Å². The van der Waals surface area contributed by atoms with Gasteiger partial charge in [-0.05, 0) is 125 Å². The number of unbranched alkanes of at least 4 members (excludes halogenated alkanes) is 2. The molecule has 6 atom stereocenters. The summed E-state index contributed by atoms with van der Waals surface area (Å²) in [6.07, 6.45) is 18.1. The van der Waals surface area contributed by atoms with Crippen molar-refractivity contribution in [2.75, 3.05) is 29.6 Å². The van der Waals surface area contributed by atoms with Gasteiger partial charge in [0.2, 0.25) is 0 Å². The van der Waals surface area contributed by atoms with Crippen LogP contribution in [0.25, 0.3) is 22.3 Å². The molecule has 0 amide bonds. The van der Waals surface area contributed by atoms with Gasteiger partial charge >= 0.3 is 0 Å². The Bertz CT molecular complexity index is 2010. The number of hydrogen-bond acceptors (Lipinski definition) is 6. The molecule has 4 aromatic rings. The summed E-state index contributed by atoms with van der Waals surface area (Å²) in [4.78, 5) is 5.13. The number of phenols is 2. The molecule has 324 valence electrons. The Morgan fingerprint density at radius 3 is 1.97 bits per heavy atom. The van der Waals surface area contributed by atoms with Crippen LogP contribution in [0.15, 0.2) is 72.8 Å². The number of benzene rings is 4. The fourth-order valence-electron chi connectivity index (χ4n) is 11.2. The third kappa shape index (κ3) is 9.58. The van der Waals surface area contributed by atoms with Crippen LogP contribution < -0.4 is 19.3 Å². The summed E-state index contributed by atoms with van der Waals surface area (Å²) in [7, 11) is 0. The largest absolute Gasteiger partial charge is 0.505 e. The molecule has 6 heteroatoms. The predicted octanol–water partition coefficient (Wildman–Crippen LogP) is 14.0. The van der Waals surface area contributed by atoms with Gasteiger partial charge in [-0.15, -0.1) is 0 Å². The lowest BCUT2D eigenvalue weighted by molar-refractivity contribution is 0.248. The number of hydrogen-bond donors (Lipinski definition) is 2. The summed E-state index contributed by atoms with van der Waals surface area (Å²) in [5.41, 5.74) is 7.70. The van der Waals surface area contributed by atoms with E-state index in [0.29, 0.717) is 61.1 Å². The van der Waals surface area contributed by atoms with E-state index in [2.05, 4.69) is 87.7 Å². The fraction of sp³-hybridized carbons (Fsp3) is 0.556. The average molecular weight is 815 g/mol. The summed E-state index contributed by atoms with van der Waals surface area (Å²) in [6.45, 7) is 15.5. The Labute approximate surface area is 362 Å². The molecule has 0 bridgehead atoms. The van der Waals surface area contributed by atoms with E-state index in [0.717, 1.165) is 75.1 Å². The number of anilines is 2. The van der Waals surface area contributed by atoms with E-state index in [4.69, 9.17) is 9.47 Å². The van der Waals surface area contributed by atoms with Crippen molar-refractivity contribution in [1.29, 1.82) is 0 Å². The van der Waals surface area contributed by atoms with Crippen molar-refractivity contribution in [3.63, 3.8) is 0 Å². The minimum absolute atomic E-state index is 0.318. The van der Waals surface area contributed by atoms with Gasteiger partial charge in [0.15, 0.2) is 0 Å². The molecule has 6 nitrogen and oxygen atoms in total. The van der Waals surface area contributed by atoms with Gasteiger partial charge in [-0.1, -0.05) is 109 Å². The molecule has 2 N–H and O–H groups in total. The van der Waals surface area contributed by atoms with E-state index in [1.807, 2.05) is 36.4 Å². The number of nitrogens with zero attached hydrogens (tertiary/aromatic N) is 2. The molecule has 2 saturated carbocycles. The van der Waals surface area contributed by atoms with Crippen LogP contribution in [0.2, 0.25) is 0 Å². The summed E-state index contributed by atoms with van der Waals surface area (Å²) in [5, 5.41) is 24.2. The van der Waals surface area contributed by atoms with Crippen LogP contribution >= 0.6 is 0 Å². The molecule has 6 unspecified atom stereocenters. The van der Waals surface area contributed by atoms with Crippen LogP contribution in [0.4, 0.5) is 11.4 Å². The monoisotopic (exact) mass is 815 g/mol. The number of para-hydroxylation sites is 2. The first-order valence-electron chi connectivity index (χ1n) is 23.9. The quantitative estimate of drug-likeness (QED) is 0.0976. The molecular formula is C54H74N2O4. The van der Waals surface area contributed by atoms with E-state index in [9.17, 15) is 10.2 Å². The van der Waals surface area contributed by atoms with Crippen LogP contribution in [0, 0.1) is 31.6 Å². The minimum atomic E-state index is 0.318. The molecule has 3 aliphatic rings. The van der Waals surface area contributed by atoms with Crippen LogP contribution in [0.5, 0.6) is 23.0 Å². The van der Waals surface area contributed by atoms with Crippen LogP contribution in [-0.2, 0) is 0 Å². The molecule has 0 spiro atoms. The summed E-state index contributed by atoms with van der Waals surface area (Å²) < 4.78 is 13.0. The Morgan fingerprint density at radius 1 is 0.683 bits per heavy atom.